The maximum absolute atomic E-state index is 13.2. The average Bonchev–Trinajstić information content (AvgIpc) is 3.17. The van der Waals surface area contributed by atoms with Gasteiger partial charge in [0.2, 0.25) is 5.91 Å². The Labute approximate surface area is 149 Å². The molecule has 0 radical (unpaired) electrons. The first-order chi connectivity index (χ1) is 12.5. The third-order valence-corrected chi connectivity index (χ3v) is 4.50. The van der Waals surface area contributed by atoms with Gasteiger partial charge in [-0.15, -0.1) is 10.2 Å². The van der Waals surface area contributed by atoms with Gasteiger partial charge in [0.25, 0.3) is 0 Å². The van der Waals surface area contributed by atoms with Crippen molar-refractivity contribution in [3.05, 3.63) is 41.5 Å². The lowest BCUT2D eigenvalue weighted by molar-refractivity contribution is -0.138. The van der Waals surface area contributed by atoms with E-state index in [0.717, 1.165) is 11.6 Å². The van der Waals surface area contributed by atoms with Crippen molar-refractivity contribution in [2.45, 2.75) is 33.0 Å². The number of halogens is 1. The Hall–Kier alpha value is -2.81. The molecule has 136 valence electrons. The maximum atomic E-state index is 13.2. The summed E-state index contributed by atoms with van der Waals surface area (Å²) in [7, 11) is 0. The van der Waals surface area contributed by atoms with Crippen molar-refractivity contribution in [1.82, 2.24) is 29.6 Å². The van der Waals surface area contributed by atoms with E-state index in [-0.39, 0.29) is 31.0 Å². The Morgan fingerprint density at radius 3 is 3.12 bits per heavy atom. The third kappa shape index (κ3) is 3.05. The lowest BCUT2D eigenvalue weighted by Crippen LogP contribution is -2.42. The largest absolute Gasteiger partial charge is 0.364 e. The highest BCUT2D eigenvalue weighted by Crippen LogP contribution is 2.21. The number of hydrogen-bond acceptors (Lipinski definition) is 5. The second-order valence-electron chi connectivity index (χ2n) is 6.49. The zero-order valence-corrected chi connectivity index (χ0v) is 14.6. The summed E-state index contributed by atoms with van der Waals surface area (Å²) in [5.41, 5.74) is 1.27. The van der Waals surface area contributed by atoms with Gasteiger partial charge in [0.1, 0.15) is 30.7 Å². The molecular weight excluding hydrogens is 339 g/mol. The number of amides is 1. The van der Waals surface area contributed by atoms with Gasteiger partial charge in [-0.2, -0.15) is 0 Å². The number of benzene rings is 1. The molecule has 4 rings (SSSR count). The first kappa shape index (κ1) is 16.6. The van der Waals surface area contributed by atoms with Crippen LogP contribution in [0.5, 0.6) is 0 Å². The van der Waals surface area contributed by atoms with Crippen molar-refractivity contribution in [3.8, 4) is 0 Å². The van der Waals surface area contributed by atoms with Gasteiger partial charge in [0, 0.05) is 6.54 Å². The summed E-state index contributed by atoms with van der Waals surface area (Å²) < 4.78 is 20.8. The number of nitrogens with one attached hydrogen (secondary N) is 1. The molecule has 0 spiro atoms. The van der Waals surface area contributed by atoms with E-state index in [1.54, 1.807) is 11.0 Å². The van der Waals surface area contributed by atoms with Crippen molar-refractivity contribution in [1.29, 1.82) is 0 Å². The van der Waals surface area contributed by atoms with Crippen molar-refractivity contribution in [2.75, 3.05) is 13.2 Å². The molecule has 1 aromatic carbocycles. The summed E-state index contributed by atoms with van der Waals surface area (Å²) in [6.45, 7) is 5.07. The Morgan fingerprint density at radius 1 is 1.42 bits per heavy atom. The lowest BCUT2D eigenvalue weighted by atomic mass is 10.2. The van der Waals surface area contributed by atoms with Crippen LogP contribution in [0.4, 0.5) is 4.39 Å². The zero-order chi connectivity index (χ0) is 18.3. The third-order valence-electron chi connectivity index (χ3n) is 4.50. The molecule has 1 aliphatic rings. The minimum atomic E-state index is -0.328. The fraction of sp³-hybridized carbons (Fsp3) is 0.412. The number of aryl methyl sites for hydroxylation is 1. The Bertz CT molecular complexity index is 965. The Morgan fingerprint density at radius 2 is 2.27 bits per heavy atom. The molecule has 1 unspecified atom stereocenters. The molecule has 1 aliphatic heterocycles. The molecule has 3 heterocycles. The molecule has 0 fully saturated rings. The molecular formula is C17H19FN6O2. The fourth-order valence-electron chi connectivity index (χ4n) is 3.35. The second-order valence-corrected chi connectivity index (χ2v) is 6.49. The summed E-state index contributed by atoms with van der Waals surface area (Å²) in [4.78, 5) is 21.5. The molecule has 3 aromatic rings. The van der Waals surface area contributed by atoms with Gasteiger partial charge in [-0.25, -0.2) is 9.37 Å². The van der Waals surface area contributed by atoms with E-state index in [4.69, 9.17) is 4.74 Å². The summed E-state index contributed by atoms with van der Waals surface area (Å²) in [6, 6.07) is 4.46. The van der Waals surface area contributed by atoms with Gasteiger partial charge in [-0.1, -0.05) is 0 Å². The minimum Gasteiger partial charge on any atom is -0.364 e. The lowest BCUT2D eigenvalue weighted by Gasteiger charge is -2.32. The van der Waals surface area contributed by atoms with Gasteiger partial charge in [-0.3, -0.25) is 4.79 Å². The number of fused-ring (bicyclic) bond motifs is 2. The zero-order valence-electron chi connectivity index (χ0n) is 14.6. The van der Waals surface area contributed by atoms with E-state index in [1.165, 1.54) is 12.1 Å². The fourth-order valence-corrected chi connectivity index (χ4v) is 3.35. The van der Waals surface area contributed by atoms with E-state index in [1.807, 2.05) is 13.8 Å². The number of nitrogens with zero attached hydrogens (tertiary/aromatic N) is 5. The standard InChI is InChI=1S/C17H19FN6O2/c1-10-6-23(7-16-22-21-11(2)24(10)16)17(25)9-26-8-15-19-13-4-3-12(18)5-14(13)20-15/h3-5,10H,6-9H2,1-2H3,(H,19,20). The molecule has 0 aliphatic carbocycles. The highest BCUT2D eigenvalue weighted by molar-refractivity contribution is 5.77. The normalized spacial score (nSPS) is 16.9. The highest BCUT2D eigenvalue weighted by atomic mass is 19.1. The van der Waals surface area contributed by atoms with Crippen LogP contribution in [0, 0.1) is 12.7 Å². The van der Waals surface area contributed by atoms with Crippen LogP contribution in [-0.2, 0) is 22.7 Å². The van der Waals surface area contributed by atoms with Crippen molar-refractivity contribution in [3.63, 3.8) is 0 Å². The number of H-pyrrole nitrogens is 1. The molecule has 0 saturated heterocycles. The molecule has 9 heteroatoms. The topological polar surface area (TPSA) is 88.9 Å². The van der Waals surface area contributed by atoms with Crippen LogP contribution in [0.2, 0.25) is 0 Å². The molecule has 2 aromatic heterocycles. The predicted molar refractivity (Wildman–Crippen MR) is 90.6 cm³/mol. The highest BCUT2D eigenvalue weighted by Gasteiger charge is 2.28. The number of carbonyl (C=O) groups excluding carboxylic acids is 1. The van der Waals surface area contributed by atoms with Crippen molar-refractivity contribution >= 4 is 16.9 Å². The maximum Gasteiger partial charge on any atom is 0.249 e. The summed E-state index contributed by atoms with van der Waals surface area (Å²) in [6.07, 6.45) is 0. The molecule has 0 saturated carbocycles. The van der Waals surface area contributed by atoms with Crippen LogP contribution in [0.1, 0.15) is 30.4 Å². The van der Waals surface area contributed by atoms with Gasteiger partial charge < -0.3 is 19.2 Å². The summed E-state index contributed by atoms with van der Waals surface area (Å²) >= 11 is 0. The van der Waals surface area contributed by atoms with Crippen LogP contribution < -0.4 is 0 Å². The molecule has 26 heavy (non-hydrogen) atoms. The van der Waals surface area contributed by atoms with Gasteiger partial charge in [-0.05, 0) is 32.0 Å². The predicted octanol–water partition coefficient (Wildman–Crippen LogP) is 1.72. The second kappa shape index (κ2) is 6.49. The Balaban J connectivity index is 1.35. The number of hydrogen-bond donors (Lipinski definition) is 1. The van der Waals surface area contributed by atoms with Crippen molar-refractivity contribution < 1.29 is 13.9 Å². The van der Waals surface area contributed by atoms with Gasteiger partial charge in [0.05, 0.1) is 23.6 Å². The average molecular weight is 358 g/mol. The van der Waals surface area contributed by atoms with E-state index in [0.29, 0.717) is 29.9 Å². The van der Waals surface area contributed by atoms with Crippen molar-refractivity contribution in [2.24, 2.45) is 0 Å². The van der Waals surface area contributed by atoms with Crippen LogP contribution in [0.25, 0.3) is 11.0 Å². The number of rotatable bonds is 4. The molecule has 1 N–H and O–H groups in total. The quantitative estimate of drug-likeness (QED) is 0.767. The number of aromatic amines is 1. The van der Waals surface area contributed by atoms with E-state index >= 15 is 0 Å². The number of aromatic nitrogens is 5. The van der Waals surface area contributed by atoms with Crippen LogP contribution in [0.15, 0.2) is 18.2 Å². The van der Waals surface area contributed by atoms with Gasteiger partial charge >= 0.3 is 0 Å². The van der Waals surface area contributed by atoms with Crippen LogP contribution in [-0.4, -0.2) is 48.7 Å². The Kier molecular flexibility index (Phi) is 4.15. The van der Waals surface area contributed by atoms with Crippen LogP contribution >= 0.6 is 0 Å². The molecule has 0 bridgehead atoms. The number of carbonyl (C=O) groups is 1. The van der Waals surface area contributed by atoms with Crippen LogP contribution in [0.3, 0.4) is 0 Å². The molecule has 1 amide bonds. The van der Waals surface area contributed by atoms with E-state index in [9.17, 15) is 9.18 Å². The van der Waals surface area contributed by atoms with E-state index < -0.39 is 0 Å². The number of imidazole rings is 1. The summed E-state index contributed by atoms with van der Waals surface area (Å²) in [5, 5.41) is 8.21. The number of ether oxygens (including phenoxy) is 1. The minimum absolute atomic E-state index is 0.0504. The van der Waals surface area contributed by atoms with E-state index in [2.05, 4.69) is 24.7 Å². The SMILES string of the molecule is Cc1nnc2n1C(C)CN(C(=O)COCc1nc3ccc(F)cc3[nH]1)C2. The molecule has 1 atom stereocenters. The first-order valence-electron chi connectivity index (χ1n) is 8.41. The van der Waals surface area contributed by atoms with Gasteiger partial charge in [0.15, 0.2) is 5.82 Å². The summed E-state index contributed by atoms with van der Waals surface area (Å²) in [5.74, 6) is 1.77. The first-order valence-corrected chi connectivity index (χ1v) is 8.41. The molecule has 8 nitrogen and oxygen atoms in total. The smallest absolute Gasteiger partial charge is 0.249 e. The monoisotopic (exact) mass is 358 g/mol.